The molecule has 1 amide bonds. The van der Waals surface area contributed by atoms with E-state index in [0.29, 0.717) is 18.5 Å². The molecule has 2 bridgehead atoms. The van der Waals surface area contributed by atoms with Crippen LogP contribution in [0.1, 0.15) is 40.0 Å². The maximum Gasteiger partial charge on any atom is 0.410 e. The summed E-state index contributed by atoms with van der Waals surface area (Å²) >= 11 is 0. The Labute approximate surface area is 97.1 Å². The van der Waals surface area contributed by atoms with E-state index in [2.05, 4.69) is 0 Å². The first-order valence-corrected chi connectivity index (χ1v) is 6.14. The zero-order chi connectivity index (χ0) is 11.9. The summed E-state index contributed by atoms with van der Waals surface area (Å²) in [6.07, 6.45) is 3.25. The molecule has 1 saturated heterocycles. The van der Waals surface area contributed by atoms with Crippen LogP contribution in [0.4, 0.5) is 4.79 Å². The largest absolute Gasteiger partial charge is 0.444 e. The van der Waals surface area contributed by atoms with Crippen molar-refractivity contribution in [2.24, 2.45) is 11.7 Å². The van der Waals surface area contributed by atoms with E-state index in [1.165, 1.54) is 6.42 Å². The third-order valence-corrected chi connectivity index (χ3v) is 3.59. The van der Waals surface area contributed by atoms with Crippen LogP contribution in [0.5, 0.6) is 0 Å². The first-order valence-electron chi connectivity index (χ1n) is 6.14. The van der Waals surface area contributed by atoms with Crippen LogP contribution in [0.3, 0.4) is 0 Å². The number of hydrogen-bond acceptors (Lipinski definition) is 3. The second kappa shape index (κ2) is 3.91. The molecule has 2 fully saturated rings. The number of carbonyl (C=O) groups is 1. The van der Waals surface area contributed by atoms with Gasteiger partial charge in [-0.25, -0.2) is 4.79 Å². The molecular formula is C12H22N2O2. The van der Waals surface area contributed by atoms with E-state index in [0.717, 1.165) is 12.8 Å². The number of ether oxygens (including phenoxy) is 1. The lowest BCUT2D eigenvalue weighted by Gasteiger charge is -2.35. The monoisotopic (exact) mass is 226 g/mol. The van der Waals surface area contributed by atoms with E-state index in [-0.39, 0.29) is 12.1 Å². The second-order valence-electron chi connectivity index (χ2n) is 5.92. The van der Waals surface area contributed by atoms with Gasteiger partial charge in [0, 0.05) is 12.6 Å². The van der Waals surface area contributed by atoms with Crippen LogP contribution in [-0.2, 0) is 4.74 Å². The van der Waals surface area contributed by atoms with Crippen LogP contribution >= 0.6 is 0 Å². The Hall–Kier alpha value is -0.770. The Kier molecular flexibility index (Phi) is 2.86. The van der Waals surface area contributed by atoms with Crippen LogP contribution in [0.25, 0.3) is 0 Å². The summed E-state index contributed by atoms with van der Waals surface area (Å²) in [4.78, 5) is 14.0. The van der Waals surface area contributed by atoms with Gasteiger partial charge in [-0.2, -0.15) is 0 Å². The predicted octanol–water partition coefficient (Wildman–Crippen LogP) is 1.73. The minimum absolute atomic E-state index is 0.185. The van der Waals surface area contributed by atoms with E-state index in [1.54, 1.807) is 0 Å². The van der Waals surface area contributed by atoms with Gasteiger partial charge in [-0.05, 0) is 46.0 Å². The van der Waals surface area contributed by atoms with E-state index in [4.69, 9.17) is 10.5 Å². The van der Waals surface area contributed by atoms with Gasteiger partial charge in [0.05, 0.1) is 6.04 Å². The van der Waals surface area contributed by atoms with Gasteiger partial charge < -0.3 is 15.4 Å². The predicted molar refractivity (Wildman–Crippen MR) is 62.0 cm³/mol. The SMILES string of the molecule is CC(C)(C)OC(=O)N1[C@H]2CC[C@H](C2)[C@@H]1CN. The van der Waals surface area contributed by atoms with Crippen LogP contribution in [0.2, 0.25) is 0 Å². The van der Waals surface area contributed by atoms with Crippen molar-refractivity contribution in [2.45, 2.75) is 57.7 Å². The zero-order valence-electron chi connectivity index (χ0n) is 10.4. The number of rotatable bonds is 1. The average Bonchev–Trinajstić information content (AvgIpc) is 2.72. The molecule has 0 radical (unpaired) electrons. The third-order valence-electron chi connectivity index (χ3n) is 3.59. The Morgan fingerprint density at radius 2 is 2.12 bits per heavy atom. The Morgan fingerprint density at radius 3 is 2.69 bits per heavy atom. The smallest absolute Gasteiger partial charge is 0.410 e. The molecule has 1 saturated carbocycles. The van der Waals surface area contributed by atoms with Gasteiger partial charge in [-0.1, -0.05) is 0 Å². The summed E-state index contributed by atoms with van der Waals surface area (Å²) in [5.74, 6) is 0.600. The highest BCUT2D eigenvalue weighted by molar-refractivity contribution is 5.69. The molecule has 4 heteroatoms. The van der Waals surface area contributed by atoms with Crippen molar-refractivity contribution in [1.82, 2.24) is 4.90 Å². The summed E-state index contributed by atoms with van der Waals surface area (Å²) in [6.45, 7) is 6.25. The number of fused-ring (bicyclic) bond motifs is 2. The highest BCUT2D eigenvalue weighted by Crippen LogP contribution is 2.42. The van der Waals surface area contributed by atoms with Crippen LogP contribution in [0.15, 0.2) is 0 Å². The number of nitrogens with zero attached hydrogens (tertiary/aromatic N) is 1. The number of piperidine rings is 1. The molecule has 0 unspecified atom stereocenters. The van der Waals surface area contributed by atoms with E-state index >= 15 is 0 Å². The van der Waals surface area contributed by atoms with E-state index in [9.17, 15) is 4.79 Å². The number of hydrogen-bond donors (Lipinski definition) is 1. The topological polar surface area (TPSA) is 55.6 Å². The van der Waals surface area contributed by atoms with E-state index in [1.807, 2.05) is 25.7 Å². The maximum absolute atomic E-state index is 12.1. The lowest BCUT2D eigenvalue weighted by atomic mass is 9.99. The van der Waals surface area contributed by atoms with Crippen molar-refractivity contribution in [1.29, 1.82) is 0 Å². The number of amides is 1. The molecule has 1 aliphatic heterocycles. The minimum Gasteiger partial charge on any atom is -0.444 e. The molecule has 1 heterocycles. The van der Waals surface area contributed by atoms with Crippen LogP contribution in [-0.4, -0.2) is 35.2 Å². The second-order valence-corrected chi connectivity index (χ2v) is 5.92. The summed E-state index contributed by atoms with van der Waals surface area (Å²) in [5, 5.41) is 0. The zero-order valence-corrected chi connectivity index (χ0v) is 10.4. The molecule has 2 aliphatic rings. The molecular weight excluding hydrogens is 204 g/mol. The lowest BCUT2D eigenvalue weighted by Crippen LogP contribution is -2.50. The Bertz CT molecular complexity index is 285. The number of carbonyl (C=O) groups excluding carboxylic acids is 1. The summed E-state index contributed by atoms with van der Waals surface area (Å²) in [6, 6.07) is 0.571. The molecule has 2 N–H and O–H groups in total. The fourth-order valence-electron chi connectivity index (χ4n) is 3.00. The Morgan fingerprint density at radius 1 is 1.44 bits per heavy atom. The molecule has 0 aromatic rings. The van der Waals surface area contributed by atoms with Gasteiger partial charge in [0.15, 0.2) is 0 Å². The first-order chi connectivity index (χ1) is 7.42. The van der Waals surface area contributed by atoms with Gasteiger partial charge in [0.1, 0.15) is 5.60 Å². The molecule has 0 aromatic carbocycles. The molecule has 4 nitrogen and oxygen atoms in total. The summed E-state index contributed by atoms with van der Waals surface area (Å²) in [7, 11) is 0. The molecule has 1 aliphatic carbocycles. The van der Waals surface area contributed by atoms with Gasteiger partial charge >= 0.3 is 6.09 Å². The first kappa shape index (κ1) is 11.7. The number of nitrogens with two attached hydrogens (primary N) is 1. The van der Waals surface area contributed by atoms with Crippen LogP contribution in [0, 0.1) is 5.92 Å². The maximum atomic E-state index is 12.1. The van der Waals surface area contributed by atoms with Crippen molar-refractivity contribution in [3.05, 3.63) is 0 Å². The van der Waals surface area contributed by atoms with Crippen molar-refractivity contribution >= 4 is 6.09 Å². The quantitative estimate of drug-likeness (QED) is 0.741. The van der Waals surface area contributed by atoms with Crippen molar-refractivity contribution < 1.29 is 9.53 Å². The average molecular weight is 226 g/mol. The van der Waals surface area contributed by atoms with Crippen LogP contribution < -0.4 is 5.73 Å². The number of likely N-dealkylation sites (tertiary alicyclic amines) is 1. The lowest BCUT2D eigenvalue weighted by molar-refractivity contribution is 0.00857. The molecule has 3 atom stereocenters. The third kappa shape index (κ3) is 2.03. The Balaban J connectivity index is 2.06. The van der Waals surface area contributed by atoms with E-state index < -0.39 is 5.60 Å². The van der Waals surface area contributed by atoms with Crippen molar-refractivity contribution in [3.8, 4) is 0 Å². The van der Waals surface area contributed by atoms with Gasteiger partial charge in [0.2, 0.25) is 0 Å². The highest BCUT2D eigenvalue weighted by Gasteiger charge is 2.48. The summed E-state index contributed by atoms with van der Waals surface area (Å²) < 4.78 is 5.44. The van der Waals surface area contributed by atoms with Gasteiger partial charge in [0.25, 0.3) is 0 Å². The van der Waals surface area contributed by atoms with Gasteiger partial charge in [-0.15, -0.1) is 0 Å². The van der Waals surface area contributed by atoms with Crippen molar-refractivity contribution in [3.63, 3.8) is 0 Å². The minimum atomic E-state index is -0.419. The molecule has 2 rings (SSSR count). The summed E-state index contributed by atoms with van der Waals surface area (Å²) in [5.41, 5.74) is 5.34. The normalized spacial score (nSPS) is 33.2. The highest BCUT2D eigenvalue weighted by atomic mass is 16.6. The molecule has 0 spiro atoms. The fourth-order valence-corrected chi connectivity index (χ4v) is 3.00. The standard InChI is InChI=1S/C12H22N2O2/c1-12(2,3)16-11(15)14-9-5-4-8(6-9)10(14)7-13/h8-10H,4-7,13H2,1-3H3/t8-,9+,10+/m1/s1. The van der Waals surface area contributed by atoms with Crippen molar-refractivity contribution in [2.75, 3.05) is 6.54 Å². The van der Waals surface area contributed by atoms with Gasteiger partial charge in [-0.3, -0.25) is 0 Å². The fraction of sp³-hybridized carbons (Fsp3) is 0.917. The molecule has 0 aromatic heterocycles. The molecule has 16 heavy (non-hydrogen) atoms. The molecule has 92 valence electrons.